The van der Waals surface area contributed by atoms with Gasteiger partial charge in [-0.05, 0) is 54.4 Å². The molecule has 0 aliphatic carbocycles. The second kappa shape index (κ2) is 5.26. The number of aromatic nitrogens is 1. The Hall–Kier alpha value is -1.85. The Bertz CT molecular complexity index is 808. The molecule has 0 amide bonds. The van der Waals surface area contributed by atoms with Gasteiger partial charge in [-0.15, -0.1) is 0 Å². The summed E-state index contributed by atoms with van der Waals surface area (Å²) in [5, 5.41) is 0.702. The molecule has 4 nitrogen and oxygen atoms in total. The van der Waals surface area contributed by atoms with E-state index in [2.05, 4.69) is 4.72 Å². The molecule has 0 unspecified atom stereocenters. The molecule has 0 radical (unpaired) electrons. The minimum absolute atomic E-state index is 0.354. The lowest BCUT2D eigenvalue weighted by molar-refractivity contribution is 0.527. The first kappa shape index (κ1) is 13.1. The third-order valence-corrected chi connectivity index (χ3v) is 3.97. The highest BCUT2D eigenvalue weighted by Gasteiger charge is 2.06. The van der Waals surface area contributed by atoms with Crippen LogP contribution in [-0.2, 0) is 7.05 Å². The van der Waals surface area contributed by atoms with E-state index in [4.69, 9.17) is 16.0 Å². The minimum Gasteiger partial charge on any atom is -0.408 e. The van der Waals surface area contributed by atoms with Gasteiger partial charge in [-0.2, -0.15) is 0 Å². The first-order valence-electron chi connectivity index (χ1n) is 5.91. The molecule has 1 N–H and O–H groups in total. The Labute approximate surface area is 124 Å². The molecule has 0 atom stereocenters. The van der Waals surface area contributed by atoms with Gasteiger partial charge in [0.05, 0.1) is 5.52 Å². The summed E-state index contributed by atoms with van der Waals surface area (Å²) in [5.41, 5.74) is 2.32. The fourth-order valence-corrected chi connectivity index (χ4v) is 2.61. The number of hydrogen-bond donors (Lipinski definition) is 1. The molecule has 2 aromatic carbocycles. The van der Waals surface area contributed by atoms with Crippen LogP contribution in [0.1, 0.15) is 0 Å². The molecule has 0 saturated heterocycles. The van der Waals surface area contributed by atoms with E-state index in [1.165, 1.54) is 16.5 Å². The van der Waals surface area contributed by atoms with E-state index < -0.39 is 0 Å². The highest BCUT2D eigenvalue weighted by atomic mass is 35.5. The largest absolute Gasteiger partial charge is 0.419 e. The SMILES string of the molecule is Cn1c(=O)oc2cc(SNc3ccc(Cl)cc3)ccc21. The van der Waals surface area contributed by atoms with Gasteiger partial charge < -0.3 is 9.14 Å². The van der Waals surface area contributed by atoms with Gasteiger partial charge in [0.25, 0.3) is 0 Å². The van der Waals surface area contributed by atoms with Crippen molar-refractivity contribution in [1.82, 2.24) is 4.57 Å². The van der Waals surface area contributed by atoms with Crippen LogP contribution in [-0.4, -0.2) is 4.57 Å². The zero-order valence-electron chi connectivity index (χ0n) is 10.6. The number of nitrogens with one attached hydrogen (secondary N) is 1. The second-order valence-corrected chi connectivity index (χ2v) is 5.58. The number of halogens is 1. The summed E-state index contributed by atoms with van der Waals surface area (Å²) in [6.45, 7) is 0. The molecule has 6 heteroatoms. The normalized spacial score (nSPS) is 10.9. The van der Waals surface area contributed by atoms with Crippen LogP contribution in [0.3, 0.4) is 0 Å². The fraction of sp³-hybridized carbons (Fsp3) is 0.0714. The summed E-state index contributed by atoms with van der Waals surface area (Å²) in [4.78, 5) is 12.4. The number of benzene rings is 2. The van der Waals surface area contributed by atoms with Crippen molar-refractivity contribution in [1.29, 1.82) is 0 Å². The van der Waals surface area contributed by atoms with Gasteiger partial charge in [0.1, 0.15) is 0 Å². The predicted molar refractivity (Wildman–Crippen MR) is 82.4 cm³/mol. The molecule has 0 aliphatic heterocycles. The molecule has 1 heterocycles. The maximum atomic E-state index is 11.4. The molecular weight excluding hydrogens is 296 g/mol. The maximum Gasteiger partial charge on any atom is 0.419 e. The molecule has 0 bridgehead atoms. The van der Waals surface area contributed by atoms with E-state index in [1.807, 2.05) is 42.5 Å². The molecule has 102 valence electrons. The van der Waals surface area contributed by atoms with Crippen molar-refractivity contribution < 1.29 is 4.42 Å². The van der Waals surface area contributed by atoms with Crippen molar-refractivity contribution >= 4 is 40.3 Å². The zero-order valence-corrected chi connectivity index (χ0v) is 12.2. The lowest BCUT2D eigenvalue weighted by atomic mass is 10.3. The van der Waals surface area contributed by atoms with Crippen LogP contribution in [0.5, 0.6) is 0 Å². The van der Waals surface area contributed by atoms with Crippen LogP contribution in [0.15, 0.2) is 56.6 Å². The van der Waals surface area contributed by atoms with E-state index in [9.17, 15) is 4.79 Å². The number of fused-ring (bicyclic) bond motifs is 1. The summed E-state index contributed by atoms with van der Waals surface area (Å²) in [7, 11) is 1.69. The molecule has 20 heavy (non-hydrogen) atoms. The summed E-state index contributed by atoms with van der Waals surface area (Å²) in [5.74, 6) is -0.354. The number of nitrogens with zero attached hydrogens (tertiary/aromatic N) is 1. The molecular formula is C14H11ClN2O2S. The Morgan fingerprint density at radius 2 is 1.95 bits per heavy atom. The summed E-state index contributed by atoms with van der Waals surface area (Å²) in [6.07, 6.45) is 0. The zero-order chi connectivity index (χ0) is 14.1. The lowest BCUT2D eigenvalue weighted by Gasteiger charge is -2.05. The van der Waals surface area contributed by atoms with Crippen LogP contribution in [0, 0.1) is 0 Å². The minimum atomic E-state index is -0.354. The van der Waals surface area contributed by atoms with E-state index in [1.54, 1.807) is 7.05 Å². The number of aryl methyl sites for hydroxylation is 1. The fourth-order valence-electron chi connectivity index (χ4n) is 1.81. The van der Waals surface area contributed by atoms with E-state index in [0.717, 1.165) is 16.1 Å². The van der Waals surface area contributed by atoms with Crippen molar-refractivity contribution in [2.75, 3.05) is 4.72 Å². The van der Waals surface area contributed by atoms with E-state index in [-0.39, 0.29) is 5.76 Å². The molecule has 0 fully saturated rings. The molecule has 0 aliphatic rings. The smallest absolute Gasteiger partial charge is 0.408 e. The standard InChI is InChI=1S/C14H11ClN2O2S/c1-17-12-7-6-11(8-13(12)19-14(17)18)20-16-10-4-2-9(15)3-5-10/h2-8,16H,1H3. The van der Waals surface area contributed by atoms with Gasteiger partial charge in [-0.25, -0.2) is 4.79 Å². The van der Waals surface area contributed by atoms with Gasteiger partial charge in [-0.3, -0.25) is 4.57 Å². The molecule has 3 aromatic rings. The van der Waals surface area contributed by atoms with Gasteiger partial charge >= 0.3 is 5.76 Å². The van der Waals surface area contributed by atoms with Crippen LogP contribution >= 0.6 is 23.5 Å². The first-order valence-corrected chi connectivity index (χ1v) is 7.11. The number of anilines is 1. The van der Waals surface area contributed by atoms with Gasteiger partial charge in [0, 0.05) is 22.7 Å². The highest BCUT2D eigenvalue weighted by molar-refractivity contribution is 8.00. The average Bonchev–Trinajstić information content (AvgIpc) is 2.73. The second-order valence-electron chi connectivity index (χ2n) is 4.27. The van der Waals surface area contributed by atoms with Gasteiger partial charge in [0.15, 0.2) is 5.58 Å². The number of rotatable bonds is 3. The monoisotopic (exact) mass is 306 g/mol. The lowest BCUT2D eigenvalue weighted by Crippen LogP contribution is -2.08. The van der Waals surface area contributed by atoms with Crippen LogP contribution < -0.4 is 10.5 Å². The highest BCUT2D eigenvalue weighted by Crippen LogP contribution is 2.25. The summed E-state index contributed by atoms with van der Waals surface area (Å²) >= 11 is 7.28. The Kier molecular flexibility index (Phi) is 3.46. The maximum absolute atomic E-state index is 11.4. The Balaban J connectivity index is 1.81. The number of oxazole rings is 1. The molecule has 0 saturated carbocycles. The third-order valence-electron chi connectivity index (χ3n) is 2.89. The molecule has 0 spiro atoms. The quantitative estimate of drug-likeness (QED) is 0.745. The molecule has 1 aromatic heterocycles. The van der Waals surface area contributed by atoms with Crippen molar-refractivity contribution in [3.05, 3.63) is 58.0 Å². The Morgan fingerprint density at radius 1 is 1.20 bits per heavy atom. The van der Waals surface area contributed by atoms with Crippen LogP contribution in [0.25, 0.3) is 11.1 Å². The van der Waals surface area contributed by atoms with Crippen LogP contribution in [0.4, 0.5) is 5.69 Å². The first-order chi connectivity index (χ1) is 9.63. The van der Waals surface area contributed by atoms with Crippen LogP contribution in [0.2, 0.25) is 5.02 Å². The molecule has 3 rings (SSSR count). The Morgan fingerprint density at radius 3 is 2.70 bits per heavy atom. The van der Waals surface area contributed by atoms with Crippen molar-refractivity contribution in [2.45, 2.75) is 4.90 Å². The summed E-state index contributed by atoms with van der Waals surface area (Å²) in [6, 6.07) is 13.1. The van der Waals surface area contributed by atoms with Crippen molar-refractivity contribution in [2.24, 2.45) is 7.05 Å². The van der Waals surface area contributed by atoms with Crippen molar-refractivity contribution in [3.63, 3.8) is 0 Å². The van der Waals surface area contributed by atoms with E-state index >= 15 is 0 Å². The third kappa shape index (κ3) is 2.55. The topological polar surface area (TPSA) is 47.2 Å². The van der Waals surface area contributed by atoms with Gasteiger partial charge in [-0.1, -0.05) is 11.6 Å². The van der Waals surface area contributed by atoms with Crippen molar-refractivity contribution in [3.8, 4) is 0 Å². The van der Waals surface area contributed by atoms with Gasteiger partial charge in [0.2, 0.25) is 0 Å². The predicted octanol–water partition coefficient (Wildman–Crippen LogP) is 3.90. The number of hydrogen-bond acceptors (Lipinski definition) is 4. The average molecular weight is 307 g/mol. The van der Waals surface area contributed by atoms with E-state index in [0.29, 0.717) is 10.6 Å². The summed E-state index contributed by atoms with van der Waals surface area (Å²) < 4.78 is 9.84.